The summed E-state index contributed by atoms with van der Waals surface area (Å²) >= 11 is 0. The van der Waals surface area contributed by atoms with Crippen LogP contribution in [0.4, 0.5) is 0 Å². The molecule has 3 heteroatoms. The van der Waals surface area contributed by atoms with Crippen LogP contribution in [0.1, 0.15) is 47.0 Å². The Morgan fingerprint density at radius 2 is 1.72 bits per heavy atom. The number of morpholine rings is 1. The van der Waals surface area contributed by atoms with Crippen LogP contribution in [0, 0.1) is 5.92 Å². The first-order chi connectivity index (χ1) is 8.31. The molecule has 1 aliphatic carbocycles. The summed E-state index contributed by atoms with van der Waals surface area (Å²) in [5.41, 5.74) is -0.0367. The van der Waals surface area contributed by atoms with E-state index in [9.17, 15) is 0 Å². The van der Waals surface area contributed by atoms with E-state index in [-0.39, 0.29) is 11.2 Å². The second kappa shape index (κ2) is 5.10. The molecule has 18 heavy (non-hydrogen) atoms. The molecule has 2 rings (SSSR count). The monoisotopic (exact) mass is 254 g/mol. The van der Waals surface area contributed by atoms with Crippen molar-refractivity contribution in [3.63, 3.8) is 0 Å². The molecular formula is C15H30N2O. The van der Waals surface area contributed by atoms with Crippen LogP contribution in [0.3, 0.4) is 0 Å². The van der Waals surface area contributed by atoms with E-state index in [1.807, 2.05) is 0 Å². The average molecular weight is 254 g/mol. The van der Waals surface area contributed by atoms with E-state index < -0.39 is 0 Å². The molecule has 1 saturated carbocycles. The van der Waals surface area contributed by atoms with E-state index in [0.717, 1.165) is 25.0 Å². The summed E-state index contributed by atoms with van der Waals surface area (Å²) in [5.74, 6) is 0.819. The molecular weight excluding hydrogens is 224 g/mol. The molecule has 1 N–H and O–H groups in total. The molecule has 1 heterocycles. The molecule has 2 fully saturated rings. The van der Waals surface area contributed by atoms with Crippen LogP contribution >= 0.6 is 0 Å². The fourth-order valence-electron chi connectivity index (χ4n) is 4.04. The van der Waals surface area contributed by atoms with Crippen molar-refractivity contribution in [2.75, 3.05) is 26.7 Å². The van der Waals surface area contributed by atoms with Gasteiger partial charge in [-0.25, -0.2) is 0 Å². The molecule has 106 valence electrons. The van der Waals surface area contributed by atoms with E-state index in [1.54, 1.807) is 0 Å². The van der Waals surface area contributed by atoms with Gasteiger partial charge in [0.05, 0.1) is 11.2 Å². The third-order valence-electron chi connectivity index (χ3n) is 4.28. The molecule has 0 aromatic carbocycles. The van der Waals surface area contributed by atoms with Crippen LogP contribution in [0.5, 0.6) is 0 Å². The maximum Gasteiger partial charge on any atom is 0.0760 e. The minimum absolute atomic E-state index is 0.0184. The smallest absolute Gasteiger partial charge is 0.0760 e. The summed E-state index contributed by atoms with van der Waals surface area (Å²) in [6, 6.07) is 0.721. The summed E-state index contributed by atoms with van der Waals surface area (Å²) in [6.07, 6.45) is 4.11. The average Bonchev–Trinajstić information content (AvgIpc) is 2.59. The molecule has 1 aliphatic heterocycles. The first kappa shape index (κ1) is 14.3. The molecule has 2 unspecified atom stereocenters. The largest absolute Gasteiger partial charge is 0.367 e. The lowest BCUT2D eigenvalue weighted by atomic mass is 9.96. The van der Waals surface area contributed by atoms with E-state index >= 15 is 0 Å². The van der Waals surface area contributed by atoms with Gasteiger partial charge in [0, 0.05) is 25.7 Å². The van der Waals surface area contributed by atoms with Crippen LogP contribution in [0.25, 0.3) is 0 Å². The van der Waals surface area contributed by atoms with E-state index in [2.05, 4.69) is 45.0 Å². The standard InChI is InChI=1S/C15H30N2O/c1-14(2)10-17(11-15(3,4)18-14)9-12-7-6-8-13(12)16-5/h12-13,16H,6-11H2,1-5H3. The highest BCUT2D eigenvalue weighted by molar-refractivity contribution is 4.92. The summed E-state index contributed by atoms with van der Waals surface area (Å²) < 4.78 is 6.15. The van der Waals surface area contributed by atoms with Gasteiger partial charge >= 0.3 is 0 Å². The van der Waals surface area contributed by atoms with E-state index in [0.29, 0.717) is 0 Å². The Kier molecular flexibility index (Phi) is 4.05. The number of nitrogens with one attached hydrogen (secondary N) is 1. The number of hydrogen-bond acceptors (Lipinski definition) is 3. The van der Waals surface area contributed by atoms with Gasteiger partial charge in [-0.2, -0.15) is 0 Å². The Hall–Kier alpha value is -0.120. The predicted octanol–water partition coefficient (Wildman–Crippen LogP) is 2.26. The molecule has 0 amide bonds. The molecule has 0 aromatic heterocycles. The molecule has 0 aromatic rings. The Labute approximate surface area is 112 Å². The summed E-state index contributed by atoms with van der Waals surface area (Å²) in [6.45, 7) is 12.2. The predicted molar refractivity (Wildman–Crippen MR) is 75.9 cm³/mol. The molecule has 0 radical (unpaired) electrons. The lowest BCUT2D eigenvalue weighted by Gasteiger charge is -2.48. The van der Waals surface area contributed by atoms with Crippen molar-refractivity contribution in [3.8, 4) is 0 Å². The van der Waals surface area contributed by atoms with Crippen LogP contribution in [-0.4, -0.2) is 48.8 Å². The van der Waals surface area contributed by atoms with Gasteiger partial charge in [-0.3, -0.25) is 4.90 Å². The molecule has 3 nitrogen and oxygen atoms in total. The van der Waals surface area contributed by atoms with Gasteiger partial charge in [-0.15, -0.1) is 0 Å². The van der Waals surface area contributed by atoms with Gasteiger partial charge in [0.1, 0.15) is 0 Å². The van der Waals surface area contributed by atoms with Crippen molar-refractivity contribution in [1.82, 2.24) is 10.2 Å². The first-order valence-corrected chi connectivity index (χ1v) is 7.41. The van der Waals surface area contributed by atoms with Gasteiger partial charge in [0.15, 0.2) is 0 Å². The fourth-order valence-corrected chi connectivity index (χ4v) is 4.04. The van der Waals surface area contributed by atoms with Crippen LogP contribution in [0.15, 0.2) is 0 Å². The molecule has 1 saturated heterocycles. The zero-order chi connectivity index (χ0) is 13.4. The Morgan fingerprint density at radius 1 is 1.11 bits per heavy atom. The second-order valence-electron chi connectivity index (χ2n) is 7.38. The third-order valence-corrected chi connectivity index (χ3v) is 4.28. The Balaban J connectivity index is 1.96. The van der Waals surface area contributed by atoms with Crippen molar-refractivity contribution in [2.45, 2.75) is 64.2 Å². The van der Waals surface area contributed by atoms with Crippen molar-refractivity contribution in [1.29, 1.82) is 0 Å². The molecule has 0 bridgehead atoms. The van der Waals surface area contributed by atoms with Crippen LogP contribution in [0.2, 0.25) is 0 Å². The van der Waals surface area contributed by atoms with Gasteiger partial charge in [-0.1, -0.05) is 6.42 Å². The highest BCUT2D eigenvalue weighted by atomic mass is 16.5. The van der Waals surface area contributed by atoms with Crippen LogP contribution < -0.4 is 5.32 Å². The zero-order valence-corrected chi connectivity index (χ0v) is 12.8. The second-order valence-corrected chi connectivity index (χ2v) is 7.38. The SMILES string of the molecule is CNC1CCCC1CN1CC(C)(C)OC(C)(C)C1. The summed E-state index contributed by atoms with van der Waals surface area (Å²) in [5, 5.41) is 3.49. The van der Waals surface area contributed by atoms with Gasteiger partial charge in [-0.05, 0) is 53.5 Å². The number of rotatable bonds is 3. The van der Waals surface area contributed by atoms with Crippen LogP contribution in [-0.2, 0) is 4.74 Å². The van der Waals surface area contributed by atoms with Crippen molar-refractivity contribution < 1.29 is 4.74 Å². The Bertz CT molecular complexity index is 272. The molecule has 0 spiro atoms. The topological polar surface area (TPSA) is 24.5 Å². The normalized spacial score (nSPS) is 35.8. The third kappa shape index (κ3) is 3.46. The molecule has 2 atom stereocenters. The minimum atomic E-state index is -0.0184. The van der Waals surface area contributed by atoms with Crippen molar-refractivity contribution in [2.24, 2.45) is 5.92 Å². The fraction of sp³-hybridized carbons (Fsp3) is 1.00. The lowest BCUT2D eigenvalue weighted by molar-refractivity contribution is -0.182. The minimum Gasteiger partial charge on any atom is -0.367 e. The summed E-state index contributed by atoms with van der Waals surface area (Å²) in [7, 11) is 2.11. The van der Waals surface area contributed by atoms with Gasteiger partial charge in [0.2, 0.25) is 0 Å². The highest BCUT2D eigenvalue weighted by Gasteiger charge is 2.39. The summed E-state index contributed by atoms with van der Waals surface area (Å²) in [4.78, 5) is 2.61. The Morgan fingerprint density at radius 3 is 2.28 bits per heavy atom. The number of ether oxygens (including phenoxy) is 1. The number of nitrogens with zero attached hydrogens (tertiary/aromatic N) is 1. The van der Waals surface area contributed by atoms with E-state index in [4.69, 9.17) is 4.74 Å². The quantitative estimate of drug-likeness (QED) is 0.836. The van der Waals surface area contributed by atoms with Crippen molar-refractivity contribution >= 4 is 0 Å². The first-order valence-electron chi connectivity index (χ1n) is 7.41. The van der Waals surface area contributed by atoms with Gasteiger partial charge in [0.25, 0.3) is 0 Å². The van der Waals surface area contributed by atoms with Gasteiger partial charge < -0.3 is 10.1 Å². The van der Waals surface area contributed by atoms with Crippen molar-refractivity contribution in [3.05, 3.63) is 0 Å². The number of hydrogen-bond donors (Lipinski definition) is 1. The lowest BCUT2D eigenvalue weighted by Crippen LogP contribution is -2.58. The highest BCUT2D eigenvalue weighted by Crippen LogP contribution is 2.31. The zero-order valence-electron chi connectivity index (χ0n) is 12.8. The maximum absolute atomic E-state index is 6.15. The molecule has 2 aliphatic rings. The maximum atomic E-state index is 6.15. The van der Waals surface area contributed by atoms with E-state index in [1.165, 1.54) is 25.8 Å².